The van der Waals surface area contributed by atoms with Crippen LogP contribution in [0.4, 0.5) is 0 Å². The van der Waals surface area contributed by atoms with E-state index < -0.39 is 67.3 Å². The number of H-pyrrole nitrogens is 1. The van der Waals surface area contributed by atoms with Gasteiger partial charge in [-0.25, -0.2) is 9.78 Å². The number of nitrogens with zero attached hydrogens (tertiary/aromatic N) is 1. The van der Waals surface area contributed by atoms with E-state index >= 15 is 0 Å². The van der Waals surface area contributed by atoms with E-state index in [0.717, 1.165) is 0 Å². The predicted molar refractivity (Wildman–Crippen MR) is 95.7 cm³/mol. The molecule has 1 aromatic heterocycles. The molecule has 1 heterocycles. The Bertz CT molecular complexity index is 737. The fourth-order valence-corrected chi connectivity index (χ4v) is 2.14. The number of amides is 4. The SMILES string of the molecule is NC(=O)CC(NC(=O)CNC(=O)C(N)Cc1cnc[nH]1)C(=O)NC(CO)C(=O)O. The van der Waals surface area contributed by atoms with E-state index in [0.29, 0.717) is 5.69 Å². The Kier molecular flexibility index (Phi) is 9.21. The van der Waals surface area contributed by atoms with Crippen molar-refractivity contribution in [3.05, 3.63) is 18.2 Å². The van der Waals surface area contributed by atoms with E-state index in [4.69, 9.17) is 21.7 Å². The number of carbonyl (C=O) groups is 5. The molecule has 1 aromatic rings. The van der Waals surface area contributed by atoms with Crippen LogP contribution in [0.1, 0.15) is 12.1 Å². The van der Waals surface area contributed by atoms with Gasteiger partial charge in [0.05, 0.1) is 31.9 Å². The first-order valence-electron chi connectivity index (χ1n) is 8.36. The zero-order chi connectivity index (χ0) is 22.0. The van der Waals surface area contributed by atoms with Crippen LogP contribution in [0, 0.1) is 0 Å². The minimum absolute atomic E-state index is 0.151. The molecule has 160 valence electrons. The Morgan fingerprint density at radius 2 is 1.83 bits per heavy atom. The lowest BCUT2D eigenvalue weighted by Gasteiger charge is -2.20. The molecule has 3 unspecified atom stereocenters. The van der Waals surface area contributed by atoms with E-state index in [9.17, 15) is 24.0 Å². The van der Waals surface area contributed by atoms with Gasteiger partial charge >= 0.3 is 5.97 Å². The number of aliphatic hydroxyl groups excluding tert-OH is 1. The number of aliphatic hydroxyl groups is 1. The van der Waals surface area contributed by atoms with Crippen molar-refractivity contribution >= 4 is 29.6 Å². The number of hydrogen-bond acceptors (Lipinski definition) is 8. The fourth-order valence-electron chi connectivity index (χ4n) is 2.14. The number of carboxylic acids is 1. The number of aromatic amines is 1. The quantitative estimate of drug-likeness (QED) is 0.164. The number of primary amides is 1. The number of carboxylic acid groups (broad SMARTS) is 1. The molecule has 0 radical (unpaired) electrons. The first-order chi connectivity index (χ1) is 13.6. The first kappa shape index (κ1) is 23.5. The highest BCUT2D eigenvalue weighted by molar-refractivity contribution is 5.94. The molecule has 0 bridgehead atoms. The van der Waals surface area contributed by atoms with Gasteiger partial charge in [0.25, 0.3) is 0 Å². The molecule has 3 atom stereocenters. The molecular weight excluding hydrogens is 390 g/mol. The van der Waals surface area contributed by atoms with Crippen molar-refractivity contribution in [2.24, 2.45) is 11.5 Å². The van der Waals surface area contributed by atoms with Gasteiger partial charge in [0.15, 0.2) is 0 Å². The van der Waals surface area contributed by atoms with E-state index in [1.54, 1.807) is 0 Å². The Hall–Kier alpha value is -3.52. The number of aromatic nitrogens is 2. The van der Waals surface area contributed by atoms with Crippen LogP contribution in [0.15, 0.2) is 12.5 Å². The lowest BCUT2D eigenvalue weighted by molar-refractivity contribution is -0.143. The van der Waals surface area contributed by atoms with Gasteiger partial charge in [-0.15, -0.1) is 0 Å². The number of carbonyl (C=O) groups excluding carboxylic acids is 4. The maximum atomic E-state index is 12.1. The van der Waals surface area contributed by atoms with E-state index in [-0.39, 0.29) is 6.42 Å². The van der Waals surface area contributed by atoms with Crippen molar-refractivity contribution in [2.75, 3.05) is 13.2 Å². The summed E-state index contributed by atoms with van der Waals surface area (Å²) >= 11 is 0. The molecular formula is C15H23N7O7. The summed E-state index contributed by atoms with van der Waals surface area (Å²) in [7, 11) is 0. The van der Waals surface area contributed by atoms with Crippen LogP contribution < -0.4 is 27.4 Å². The maximum absolute atomic E-state index is 12.1. The Labute approximate surface area is 164 Å². The number of hydrogen-bond donors (Lipinski definition) is 8. The summed E-state index contributed by atoms with van der Waals surface area (Å²) in [6.45, 7) is -1.46. The highest BCUT2D eigenvalue weighted by atomic mass is 16.4. The van der Waals surface area contributed by atoms with Gasteiger partial charge in [-0.2, -0.15) is 0 Å². The second kappa shape index (κ2) is 11.4. The molecule has 0 saturated carbocycles. The van der Waals surface area contributed by atoms with Gasteiger partial charge in [-0.1, -0.05) is 0 Å². The van der Waals surface area contributed by atoms with E-state index in [1.165, 1.54) is 12.5 Å². The highest BCUT2D eigenvalue weighted by Gasteiger charge is 2.27. The fraction of sp³-hybridized carbons (Fsp3) is 0.467. The molecule has 0 aliphatic carbocycles. The summed E-state index contributed by atoms with van der Waals surface area (Å²) < 4.78 is 0. The minimum atomic E-state index is -1.63. The number of rotatable bonds is 12. The first-order valence-corrected chi connectivity index (χ1v) is 8.36. The molecule has 10 N–H and O–H groups in total. The molecule has 0 fully saturated rings. The van der Waals surface area contributed by atoms with Gasteiger partial charge in [-0.3, -0.25) is 19.2 Å². The summed E-state index contributed by atoms with van der Waals surface area (Å²) in [6.07, 6.45) is 2.44. The van der Waals surface area contributed by atoms with Crippen molar-refractivity contribution in [1.29, 1.82) is 0 Å². The zero-order valence-corrected chi connectivity index (χ0v) is 15.3. The Balaban J connectivity index is 2.58. The molecule has 0 spiro atoms. The van der Waals surface area contributed by atoms with Crippen LogP contribution in [0.5, 0.6) is 0 Å². The van der Waals surface area contributed by atoms with Crippen LogP contribution in [0.3, 0.4) is 0 Å². The standard InChI is InChI=1S/C15H23N7O7/c16-8(1-7-3-18-6-20-7)13(26)19-4-12(25)21-9(2-11(17)24)14(27)22-10(5-23)15(28)29/h3,6,8-10,23H,1-2,4-5,16H2,(H2,17,24)(H,18,20)(H,19,26)(H,21,25)(H,22,27)(H,28,29). The monoisotopic (exact) mass is 413 g/mol. The van der Waals surface area contributed by atoms with Crippen molar-refractivity contribution < 1.29 is 34.2 Å². The topological polar surface area (TPSA) is 243 Å². The molecule has 0 aromatic carbocycles. The van der Waals surface area contributed by atoms with Crippen LogP contribution in [-0.4, -0.2) is 81.1 Å². The summed E-state index contributed by atoms with van der Waals surface area (Å²) in [5.41, 5.74) is 11.4. The molecule has 29 heavy (non-hydrogen) atoms. The van der Waals surface area contributed by atoms with Crippen LogP contribution in [0.25, 0.3) is 0 Å². The maximum Gasteiger partial charge on any atom is 0.328 e. The number of nitrogens with one attached hydrogen (secondary N) is 4. The number of aliphatic carboxylic acids is 1. The number of imidazole rings is 1. The molecule has 1 rings (SSSR count). The molecule has 0 aliphatic heterocycles. The lowest BCUT2D eigenvalue weighted by Crippen LogP contribution is -2.55. The molecule has 4 amide bonds. The Morgan fingerprint density at radius 1 is 1.14 bits per heavy atom. The van der Waals surface area contributed by atoms with E-state index in [1.807, 2.05) is 5.32 Å². The van der Waals surface area contributed by atoms with Crippen molar-refractivity contribution in [3.63, 3.8) is 0 Å². The van der Waals surface area contributed by atoms with E-state index in [2.05, 4.69) is 20.6 Å². The van der Waals surface area contributed by atoms with Crippen molar-refractivity contribution in [1.82, 2.24) is 25.9 Å². The highest BCUT2D eigenvalue weighted by Crippen LogP contribution is 1.97. The smallest absolute Gasteiger partial charge is 0.328 e. The Morgan fingerprint density at radius 3 is 2.34 bits per heavy atom. The average Bonchev–Trinajstić information content (AvgIpc) is 3.15. The minimum Gasteiger partial charge on any atom is -0.480 e. The average molecular weight is 413 g/mol. The predicted octanol–water partition coefficient (Wildman–Crippen LogP) is -4.68. The normalized spacial score (nSPS) is 13.6. The number of nitrogens with two attached hydrogens (primary N) is 2. The molecule has 14 heteroatoms. The third kappa shape index (κ3) is 8.35. The summed E-state index contributed by atoms with van der Waals surface area (Å²) in [5.74, 6) is -4.97. The van der Waals surface area contributed by atoms with Crippen molar-refractivity contribution in [2.45, 2.75) is 31.0 Å². The van der Waals surface area contributed by atoms with Gasteiger partial charge in [0.1, 0.15) is 12.1 Å². The summed E-state index contributed by atoms with van der Waals surface area (Å²) in [4.78, 5) is 64.6. The molecule has 14 nitrogen and oxygen atoms in total. The van der Waals surface area contributed by atoms with Crippen LogP contribution >= 0.6 is 0 Å². The third-order valence-corrected chi connectivity index (χ3v) is 3.61. The molecule has 0 saturated heterocycles. The van der Waals surface area contributed by atoms with Crippen molar-refractivity contribution in [3.8, 4) is 0 Å². The largest absolute Gasteiger partial charge is 0.480 e. The third-order valence-electron chi connectivity index (χ3n) is 3.61. The van der Waals surface area contributed by atoms with Gasteiger partial charge < -0.3 is 42.6 Å². The van der Waals surface area contributed by atoms with Gasteiger partial charge in [-0.05, 0) is 0 Å². The summed E-state index contributed by atoms with van der Waals surface area (Å²) in [5, 5.41) is 24.2. The second-order valence-corrected chi connectivity index (χ2v) is 5.98. The second-order valence-electron chi connectivity index (χ2n) is 5.98. The van der Waals surface area contributed by atoms with Gasteiger partial charge in [0, 0.05) is 18.3 Å². The zero-order valence-electron chi connectivity index (χ0n) is 15.3. The van der Waals surface area contributed by atoms with Crippen LogP contribution in [-0.2, 0) is 30.4 Å². The van der Waals surface area contributed by atoms with Crippen LogP contribution in [0.2, 0.25) is 0 Å². The van der Waals surface area contributed by atoms with Gasteiger partial charge in [0.2, 0.25) is 23.6 Å². The summed E-state index contributed by atoms with van der Waals surface area (Å²) in [6, 6.07) is -4.09. The lowest BCUT2D eigenvalue weighted by atomic mass is 10.1. The molecule has 0 aliphatic rings.